The molecule has 0 aliphatic heterocycles. The van der Waals surface area contributed by atoms with Crippen LogP contribution in [-0.2, 0) is 11.3 Å². The van der Waals surface area contributed by atoms with Crippen molar-refractivity contribution in [2.45, 2.75) is 32.7 Å². The first kappa shape index (κ1) is 12.2. The van der Waals surface area contributed by atoms with E-state index in [1.54, 1.807) is 6.92 Å². The van der Waals surface area contributed by atoms with E-state index < -0.39 is 0 Å². The van der Waals surface area contributed by atoms with Crippen molar-refractivity contribution in [3.05, 3.63) is 35.5 Å². The fourth-order valence-electron chi connectivity index (χ4n) is 2.02. The molecule has 0 N–H and O–H groups in total. The number of hydrogen-bond donors (Lipinski definition) is 0. The van der Waals surface area contributed by atoms with Crippen molar-refractivity contribution in [3.63, 3.8) is 0 Å². The maximum atomic E-state index is 10.8. The third-order valence-corrected chi connectivity index (χ3v) is 3.15. The van der Waals surface area contributed by atoms with E-state index in [1.807, 2.05) is 18.2 Å². The summed E-state index contributed by atoms with van der Waals surface area (Å²) in [5.41, 5.74) is 1.21. The van der Waals surface area contributed by atoms with Gasteiger partial charge in [-0.05, 0) is 44.0 Å². The van der Waals surface area contributed by atoms with Gasteiger partial charge in [-0.1, -0.05) is 11.6 Å². The lowest BCUT2D eigenvalue weighted by Crippen LogP contribution is -1.97. The van der Waals surface area contributed by atoms with Crippen molar-refractivity contribution >= 4 is 28.3 Å². The van der Waals surface area contributed by atoms with Gasteiger partial charge in [-0.15, -0.1) is 0 Å². The molecule has 1 aromatic carbocycles. The number of Topliss-reactive ketones (excluding diaryl/α,β-unsaturated/α-hetero) is 1. The average Bonchev–Trinajstić information content (AvgIpc) is 2.66. The highest BCUT2D eigenvalue weighted by Gasteiger charge is 2.01. The third kappa shape index (κ3) is 3.10. The Kier molecular flexibility index (Phi) is 3.85. The van der Waals surface area contributed by atoms with Crippen LogP contribution in [0.4, 0.5) is 0 Å². The predicted molar refractivity (Wildman–Crippen MR) is 71.5 cm³/mol. The predicted octanol–water partition coefficient (Wildman–Crippen LogP) is 4.05. The standard InChI is InChI=1S/C14H16ClNO/c1-11(17)4-2-3-8-16-9-7-12-10-13(15)5-6-14(12)16/h5-7,9-10H,2-4,8H2,1H3. The first-order chi connectivity index (χ1) is 8.16. The van der Waals surface area contributed by atoms with Crippen molar-refractivity contribution in [1.82, 2.24) is 4.57 Å². The van der Waals surface area contributed by atoms with Gasteiger partial charge in [0.15, 0.2) is 0 Å². The zero-order valence-electron chi connectivity index (χ0n) is 9.95. The number of carbonyl (C=O) groups is 1. The molecule has 0 saturated carbocycles. The maximum Gasteiger partial charge on any atom is 0.129 e. The van der Waals surface area contributed by atoms with Crippen molar-refractivity contribution in [3.8, 4) is 0 Å². The minimum Gasteiger partial charge on any atom is -0.347 e. The fraction of sp³-hybridized carbons (Fsp3) is 0.357. The zero-order valence-corrected chi connectivity index (χ0v) is 10.7. The number of unbranched alkanes of at least 4 members (excludes halogenated alkanes) is 1. The number of aromatic nitrogens is 1. The van der Waals surface area contributed by atoms with Crippen LogP contribution in [0, 0.1) is 0 Å². The van der Waals surface area contributed by atoms with Crippen LogP contribution in [0.1, 0.15) is 26.2 Å². The highest BCUT2D eigenvalue weighted by Crippen LogP contribution is 2.20. The van der Waals surface area contributed by atoms with Crippen LogP contribution in [0.5, 0.6) is 0 Å². The molecule has 0 radical (unpaired) electrons. The van der Waals surface area contributed by atoms with Gasteiger partial charge < -0.3 is 9.36 Å². The molecule has 2 nitrogen and oxygen atoms in total. The van der Waals surface area contributed by atoms with Crippen LogP contribution in [-0.4, -0.2) is 10.4 Å². The molecule has 1 heterocycles. The van der Waals surface area contributed by atoms with Gasteiger partial charge in [-0.3, -0.25) is 0 Å². The summed E-state index contributed by atoms with van der Waals surface area (Å²) in [5, 5.41) is 1.94. The molecule has 0 atom stereocenters. The lowest BCUT2D eigenvalue weighted by molar-refractivity contribution is -0.117. The van der Waals surface area contributed by atoms with E-state index in [0.29, 0.717) is 6.42 Å². The second-order valence-corrected chi connectivity index (χ2v) is 4.81. The van der Waals surface area contributed by atoms with Crippen LogP contribution in [0.3, 0.4) is 0 Å². The lowest BCUT2D eigenvalue weighted by Gasteiger charge is -2.04. The number of aryl methyl sites for hydroxylation is 1. The minimum absolute atomic E-state index is 0.272. The average molecular weight is 250 g/mol. The van der Waals surface area contributed by atoms with Crippen LogP contribution >= 0.6 is 11.6 Å². The van der Waals surface area contributed by atoms with Crippen LogP contribution in [0.2, 0.25) is 5.02 Å². The number of halogens is 1. The van der Waals surface area contributed by atoms with Crippen LogP contribution in [0.15, 0.2) is 30.5 Å². The van der Waals surface area contributed by atoms with E-state index in [2.05, 4.69) is 16.8 Å². The summed E-state index contributed by atoms with van der Waals surface area (Å²) in [5.74, 6) is 0.272. The Morgan fingerprint density at radius 2 is 2.12 bits per heavy atom. The fourth-order valence-corrected chi connectivity index (χ4v) is 2.20. The molecule has 2 aromatic rings. The highest BCUT2D eigenvalue weighted by atomic mass is 35.5. The van der Waals surface area contributed by atoms with E-state index in [1.165, 1.54) is 10.9 Å². The molecular formula is C14H16ClNO. The molecule has 17 heavy (non-hydrogen) atoms. The van der Waals surface area contributed by atoms with Crippen molar-refractivity contribution in [2.24, 2.45) is 0 Å². The quantitative estimate of drug-likeness (QED) is 0.733. The summed E-state index contributed by atoms with van der Waals surface area (Å²) in [7, 11) is 0. The third-order valence-electron chi connectivity index (χ3n) is 2.91. The van der Waals surface area contributed by atoms with Crippen molar-refractivity contribution in [1.29, 1.82) is 0 Å². The lowest BCUT2D eigenvalue weighted by atomic mass is 10.2. The van der Waals surface area contributed by atoms with Crippen LogP contribution in [0.25, 0.3) is 10.9 Å². The zero-order chi connectivity index (χ0) is 12.3. The summed E-state index contributed by atoms with van der Waals surface area (Å²) in [6.45, 7) is 2.60. The van der Waals surface area contributed by atoms with Gasteiger partial charge in [-0.25, -0.2) is 0 Å². The van der Waals surface area contributed by atoms with Gasteiger partial charge in [-0.2, -0.15) is 0 Å². The normalized spacial score (nSPS) is 10.9. The topological polar surface area (TPSA) is 22.0 Å². The maximum absolute atomic E-state index is 10.8. The molecular weight excluding hydrogens is 234 g/mol. The second-order valence-electron chi connectivity index (χ2n) is 4.37. The van der Waals surface area contributed by atoms with Gasteiger partial charge >= 0.3 is 0 Å². The second kappa shape index (κ2) is 5.37. The molecule has 2 rings (SSSR count). The van der Waals surface area contributed by atoms with Crippen molar-refractivity contribution < 1.29 is 4.79 Å². The molecule has 0 aliphatic carbocycles. The Labute approximate surface area is 106 Å². The van der Waals surface area contributed by atoms with Gasteiger partial charge in [0.2, 0.25) is 0 Å². The van der Waals surface area contributed by atoms with Gasteiger partial charge in [0, 0.05) is 35.1 Å². The van der Waals surface area contributed by atoms with E-state index in [9.17, 15) is 4.79 Å². The number of hydrogen-bond acceptors (Lipinski definition) is 1. The summed E-state index contributed by atoms with van der Waals surface area (Å²) >= 11 is 5.94. The SMILES string of the molecule is CC(=O)CCCCn1ccc2cc(Cl)ccc21. The summed E-state index contributed by atoms with van der Waals surface area (Å²) < 4.78 is 2.21. The van der Waals surface area contributed by atoms with Gasteiger partial charge in [0.25, 0.3) is 0 Å². The Morgan fingerprint density at radius 3 is 2.88 bits per heavy atom. The smallest absolute Gasteiger partial charge is 0.129 e. The number of nitrogens with zero attached hydrogens (tertiary/aromatic N) is 1. The number of benzene rings is 1. The first-order valence-corrected chi connectivity index (χ1v) is 6.28. The molecule has 0 bridgehead atoms. The minimum atomic E-state index is 0.272. The van der Waals surface area contributed by atoms with Gasteiger partial charge in [0.1, 0.15) is 5.78 Å². The summed E-state index contributed by atoms with van der Waals surface area (Å²) in [4.78, 5) is 10.8. The number of carbonyl (C=O) groups excluding carboxylic acids is 1. The number of ketones is 1. The van der Waals surface area contributed by atoms with Crippen molar-refractivity contribution in [2.75, 3.05) is 0 Å². The molecule has 90 valence electrons. The Morgan fingerprint density at radius 1 is 1.29 bits per heavy atom. The molecule has 0 unspecified atom stereocenters. The molecule has 0 saturated heterocycles. The first-order valence-electron chi connectivity index (χ1n) is 5.90. The van der Waals surface area contributed by atoms with E-state index in [0.717, 1.165) is 24.4 Å². The Hall–Kier alpha value is -1.28. The van der Waals surface area contributed by atoms with E-state index in [-0.39, 0.29) is 5.78 Å². The number of fused-ring (bicyclic) bond motifs is 1. The van der Waals surface area contributed by atoms with Crippen LogP contribution < -0.4 is 0 Å². The molecule has 0 fully saturated rings. The van der Waals surface area contributed by atoms with E-state index in [4.69, 9.17) is 11.6 Å². The largest absolute Gasteiger partial charge is 0.347 e. The monoisotopic (exact) mass is 249 g/mol. The molecule has 0 spiro atoms. The molecule has 1 aromatic heterocycles. The van der Waals surface area contributed by atoms with E-state index >= 15 is 0 Å². The number of rotatable bonds is 5. The summed E-state index contributed by atoms with van der Waals surface area (Å²) in [6.07, 6.45) is 4.76. The summed E-state index contributed by atoms with van der Waals surface area (Å²) in [6, 6.07) is 8.01. The Bertz CT molecular complexity index is 530. The van der Waals surface area contributed by atoms with Gasteiger partial charge in [0.05, 0.1) is 0 Å². The Balaban J connectivity index is 2.01. The molecule has 0 amide bonds. The molecule has 0 aliphatic rings. The highest BCUT2D eigenvalue weighted by molar-refractivity contribution is 6.31. The molecule has 3 heteroatoms.